The summed E-state index contributed by atoms with van der Waals surface area (Å²) in [7, 11) is 0. The van der Waals surface area contributed by atoms with E-state index in [9.17, 15) is 4.79 Å². The molecule has 24 heavy (non-hydrogen) atoms. The van der Waals surface area contributed by atoms with Gasteiger partial charge in [-0.15, -0.1) is 11.3 Å². The molecule has 0 atom stereocenters. The monoisotopic (exact) mass is 361 g/mol. The maximum Gasteiger partial charge on any atom is 0.238 e. The third-order valence-corrected chi connectivity index (χ3v) is 4.84. The molecule has 0 aliphatic heterocycles. The number of carbonyl (C=O) groups excluding carboxylic acids is 1. The van der Waals surface area contributed by atoms with Gasteiger partial charge in [0, 0.05) is 17.0 Å². The van der Waals surface area contributed by atoms with Gasteiger partial charge in [-0.1, -0.05) is 31.2 Å². The zero-order valence-corrected chi connectivity index (χ0v) is 15.7. The van der Waals surface area contributed by atoms with Crippen molar-refractivity contribution < 1.29 is 4.79 Å². The molecule has 0 saturated heterocycles. The summed E-state index contributed by atoms with van der Waals surface area (Å²) in [4.78, 5) is 13.2. The van der Waals surface area contributed by atoms with E-state index in [1.54, 1.807) is 11.3 Å². The van der Waals surface area contributed by atoms with Gasteiger partial charge in [-0.3, -0.25) is 15.6 Å². The normalized spacial score (nSPS) is 10.2. The third kappa shape index (κ3) is 5.62. The quantitative estimate of drug-likeness (QED) is 0.538. The minimum atomic E-state index is -0.0591. The van der Waals surface area contributed by atoms with Crippen LogP contribution in [0.25, 0.3) is 0 Å². The van der Waals surface area contributed by atoms with Crippen LogP contribution in [0.3, 0.4) is 0 Å². The molecule has 0 unspecified atom stereocenters. The number of benzene rings is 1. The second kappa shape index (κ2) is 9.39. The fourth-order valence-electron chi connectivity index (χ4n) is 2.41. The van der Waals surface area contributed by atoms with E-state index in [1.807, 2.05) is 25.1 Å². The average molecular weight is 362 g/mol. The van der Waals surface area contributed by atoms with E-state index in [-0.39, 0.29) is 5.91 Å². The number of amides is 1. The van der Waals surface area contributed by atoms with Crippen LogP contribution in [0.15, 0.2) is 35.7 Å². The van der Waals surface area contributed by atoms with Crippen LogP contribution in [0.5, 0.6) is 0 Å². The van der Waals surface area contributed by atoms with Crippen molar-refractivity contribution >= 4 is 40.3 Å². The van der Waals surface area contributed by atoms with Crippen molar-refractivity contribution in [1.29, 1.82) is 0 Å². The highest BCUT2D eigenvalue weighted by atomic mass is 32.1. The van der Waals surface area contributed by atoms with Gasteiger partial charge in [0.05, 0.1) is 0 Å². The summed E-state index contributed by atoms with van der Waals surface area (Å²) >= 11 is 6.98. The number of hydrogen-bond acceptors (Lipinski definition) is 3. The average Bonchev–Trinajstić information content (AvgIpc) is 3.08. The minimum absolute atomic E-state index is 0.0591. The zero-order valence-electron chi connectivity index (χ0n) is 14.0. The first kappa shape index (κ1) is 18.4. The van der Waals surface area contributed by atoms with E-state index in [0.29, 0.717) is 11.5 Å². The highest BCUT2D eigenvalue weighted by Crippen LogP contribution is 2.20. The largest absolute Gasteiger partial charge is 0.331 e. The number of hydrazine groups is 1. The van der Waals surface area contributed by atoms with E-state index in [2.05, 4.69) is 40.6 Å². The Labute approximate surface area is 152 Å². The second-order valence-electron chi connectivity index (χ2n) is 5.52. The number of rotatable bonds is 6. The smallest absolute Gasteiger partial charge is 0.238 e. The van der Waals surface area contributed by atoms with Gasteiger partial charge in [0.1, 0.15) is 0 Å². The molecule has 0 aliphatic rings. The highest BCUT2D eigenvalue weighted by Gasteiger charge is 2.07. The Bertz CT molecular complexity index is 684. The Morgan fingerprint density at radius 1 is 1.21 bits per heavy atom. The zero-order chi connectivity index (χ0) is 17.4. The SMILES string of the molecule is CCc1cccc(C)c1NC(=S)NNC(=O)CCCc1cccs1. The molecule has 6 heteroatoms. The van der Waals surface area contributed by atoms with Gasteiger partial charge < -0.3 is 5.32 Å². The Kier molecular flexibility index (Phi) is 7.21. The molecule has 0 bridgehead atoms. The van der Waals surface area contributed by atoms with E-state index in [0.717, 1.165) is 30.5 Å². The van der Waals surface area contributed by atoms with Gasteiger partial charge in [-0.2, -0.15) is 0 Å². The third-order valence-electron chi connectivity index (χ3n) is 3.70. The molecule has 0 fully saturated rings. The number of thiocarbonyl (C=S) groups is 1. The number of aryl methyl sites for hydroxylation is 3. The van der Waals surface area contributed by atoms with Crippen LogP contribution in [0.4, 0.5) is 5.69 Å². The summed E-state index contributed by atoms with van der Waals surface area (Å²) in [5.41, 5.74) is 8.75. The number of para-hydroxylation sites is 1. The first-order chi connectivity index (χ1) is 11.6. The molecule has 1 amide bonds. The first-order valence-corrected chi connectivity index (χ1v) is 9.35. The Balaban J connectivity index is 1.74. The van der Waals surface area contributed by atoms with E-state index < -0.39 is 0 Å². The van der Waals surface area contributed by atoms with Crippen molar-refractivity contribution in [2.24, 2.45) is 0 Å². The summed E-state index contributed by atoms with van der Waals surface area (Å²) in [6.45, 7) is 4.14. The lowest BCUT2D eigenvalue weighted by molar-refractivity contribution is -0.121. The maximum atomic E-state index is 11.9. The number of thiophene rings is 1. The Hall–Kier alpha value is -1.92. The molecule has 4 nitrogen and oxygen atoms in total. The summed E-state index contributed by atoms with van der Waals surface area (Å²) in [6.07, 6.45) is 3.14. The van der Waals surface area contributed by atoms with Gasteiger partial charge in [0.25, 0.3) is 0 Å². The van der Waals surface area contributed by atoms with Crippen LogP contribution in [0, 0.1) is 6.92 Å². The van der Waals surface area contributed by atoms with Gasteiger partial charge in [-0.05, 0) is 61.0 Å². The van der Waals surface area contributed by atoms with E-state index in [1.165, 1.54) is 10.4 Å². The number of carbonyl (C=O) groups is 1. The molecule has 0 saturated carbocycles. The van der Waals surface area contributed by atoms with Crippen LogP contribution in [-0.4, -0.2) is 11.0 Å². The van der Waals surface area contributed by atoms with Crippen molar-refractivity contribution in [2.45, 2.75) is 39.5 Å². The molecule has 128 valence electrons. The van der Waals surface area contributed by atoms with Crippen molar-refractivity contribution in [3.05, 3.63) is 51.7 Å². The van der Waals surface area contributed by atoms with Gasteiger partial charge in [0.2, 0.25) is 5.91 Å². The topological polar surface area (TPSA) is 53.2 Å². The predicted octanol–water partition coefficient (Wildman–Crippen LogP) is 3.96. The summed E-state index contributed by atoms with van der Waals surface area (Å²) < 4.78 is 0. The van der Waals surface area contributed by atoms with Crippen molar-refractivity contribution in [2.75, 3.05) is 5.32 Å². The fraction of sp³-hybridized carbons (Fsp3) is 0.333. The molecule has 1 aromatic heterocycles. The number of anilines is 1. The second-order valence-corrected chi connectivity index (χ2v) is 6.96. The molecule has 3 N–H and O–H groups in total. The molecule has 1 aromatic carbocycles. The molecule has 0 spiro atoms. The van der Waals surface area contributed by atoms with Crippen LogP contribution >= 0.6 is 23.6 Å². The highest BCUT2D eigenvalue weighted by molar-refractivity contribution is 7.80. The van der Waals surface area contributed by atoms with Crippen molar-refractivity contribution in [3.63, 3.8) is 0 Å². The van der Waals surface area contributed by atoms with Gasteiger partial charge in [-0.25, -0.2) is 0 Å². The lowest BCUT2D eigenvalue weighted by Crippen LogP contribution is -2.43. The molecule has 2 aromatic rings. The molecular weight excluding hydrogens is 338 g/mol. The lowest BCUT2D eigenvalue weighted by Gasteiger charge is -2.16. The number of nitrogens with one attached hydrogen (secondary N) is 3. The standard InChI is InChI=1S/C18H23N3OS2/c1-3-14-8-4-7-13(2)17(14)19-18(23)21-20-16(22)11-5-9-15-10-6-12-24-15/h4,6-8,10,12H,3,5,9,11H2,1-2H3,(H,20,22)(H2,19,21,23). The summed E-state index contributed by atoms with van der Waals surface area (Å²) in [5.74, 6) is -0.0591. The van der Waals surface area contributed by atoms with Crippen molar-refractivity contribution in [1.82, 2.24) is 10.9 Å². The molecule has 1 heterocycles. The van der Waals surface area contributed by atoms with Crippen LogP contribution < -0.4 is 16.2 Å². The summed E-state index contributed by atoms with van der Waals surface area (Å²) in [6, 6.07) is 10.3. The maximum absolute atomic E-state index is 11.9. The van der Waals surface area contributed by atoms with Gasteiger partial charge >= 0.3 is 0 Å². The molecule has 0 aliphatic carbocycles. The van der Waals surface area contributed by atoms with E-state index >= 15 is 0 Å². The van der Waals surface area contributed by atoms with Crippen LogP contribution in [0.2, 0.25) is 0 Å². The fourth-order valence-corrected chi connectivity index (χ4v) is 3.32. The van der Waals surface area contributed by atoms with Crippen molar-refractivity contribution in [3.8, 4) is 0 Å². The summed E-state index contributed by atoms with van der Waals surface area (Å²) in [5, 5.41) is 5.62. The first-order valence-electron chi connectivity index (χ1n) is 8.07. The van der Waals surface area contributed by atoms with E-state index in [4.69, 9.17) is 12.2 Å². The molecule has 0 radical (unpaired) electrons. The predicted molar refractivity (Wildman–Crippen MR) is 105 cm³/mol. The number of hydrogen-bond donors (Lipinski definition) is 3. The Morgan fingerprint density at radius 3 is 2.75 bits per heavy atom. The van der Waals surface area contributed by atoms with Gasteiger partial charge in [0.15, 0.2) is 5.11 Å². The lowest BCUT2D eigenvalue weighted by atomic mass is 10.1. The molecular formula is C18H23N3OS2. The minimum Gasteiger partial charge on any atom is -0.331 e. The van der Waals surface area contributed by atoms with Crippen LogP contribution in [-0.2, 0) is 17.6 Å². The molecule has 2 rings (SSSR count). The Morgan fingerprint density at radius 2 is 2.04 bits per heavy atom. The van der Waals surface area contributed by atoms with Crippen LogP contribution in [0.1, 0.15) is 35.8 Å².